The lowest BCUT2D eigenvalue weighted by Crippen LogP contribution is -1.94. The van der Waals surface area contributed by atoms with Crippen molar-refractivity contribution in [3.63, 3.8) is 0 Å². The van der Waals surface area contributed by atoms with Gasteiger partial charge < -0.3 is 9.62 Å². The Morgan fingerprint density at radius 3 is 3.07 bits per heavy atom. The van der Waals surface area contributed by atoms with Gasteiger partial charge in [-0.3, -0.25) is 0 Å². The van der Waals surface area contributed by atoms with Gasteiger partial charge >= 0.3 is 0 Å². The van der Waals surface area contributed by atoms with Crippen molar-refractivity contribution in [3.05, 3.63) is 24.3 Å². The molecule has 78 valence electrons. The first-order valence-electron chi connectivity index (χ1n) is 4.45. The quantitative estimate of drug-likeness (QED) is 0.375. The minimum atomic E-state index is 0.573. The van der Waals surface area contributed by atoms with Gasteiger partial charge in [-0.2, -0.15) is 0 Å². The third-order valence-electron chi connectivity index (χ3n) is 1.85. The van der Waals surface area contributed by atoms with Gasteiger partial charge in [0.1, 0.15) is 5.52 Å². The molecule has 15 heavy (non-hydrogen) atoms. The van der Waals surface area contributed by atoms with Crippen LogP contribution in [-0.4, -0.2) is 21.7 Å². The zero-order valence-corrected chi connectivity index (χ0v) is 8.99. The third kappa shape index (κ3) is 2.30. The second-order valence-electron chi connectivity index (χ2n) is 3.07. The van der Waals surface area contributed by atoms with E-state index < -0.39 is 0 Å². The number of fused-ring (bicyclic) bond motifs is 1. The fourth-order valence-electron chi connectivity index (χ4n) is 1.11. The maximum absolute atomic E-state index is 8.48. The molecule has 0 atom stereocenters. The predicted molar refractivity (Wildman–Crippen MR) is 59.6 cm³/mol. The van der Waals surface area contributed by atoms with Crippen LogP contribution in [0, 0.1) is 0 Å². The Hall–Kier alpha value is -1.49. The van der Waals surface area contributed by atoms with Crippen LogP contribution < -0.4 is 0 Å². The summed E-state index contributed by atoms with van der Waals surface area (Å²) in [5.41, 5.74) is 2.26. The molecule has 0 aliphatic carbocycles. The fourth-order valence-corrected chi connectivity index (χ4v) is 1.81. The van der Waals surface area contributed by atoms with E-state index in [0.29, 0.717) is 16.7 Å². The normalized spacial score (nSPS) is 12.2. The van der Waals surface area contributed by atoms with E-state index in [2.05, 4.69) is 10.1 Å². The van der Waals surface area contributed by atoms with Gasteiger partial charge in [0.25, 0.3) is 5.22 Å². The second kappa shape index (κ2) is 4.35. The van der Waals surface area contributed by atoms with Gasteiger partial charge in [-0.05, 0) is 19.1 Å². The number of hydrogen-bond acceptors (Lipinski definition) is 5. The van der Waals surface area contributed by atoms with Crippen LogP contribution >= 0.6 is 11.8 Å². The van der Waals surface area contributed by atoms with E-state index in [0.717, 1.165) is 11.1 Å². The molecule has 5 heteroatoms. The number of oxime groups is 1. The predicted octanol–water partition coefficient (Wildman–Crippen LogP) is 2.77. The Labute approximate surface area is 91.0 Å². The van der Waals surface area contributed by atoms with Crippen molar-refractivity contribution in [2.24, 2.45) is 5.16 Å². The molecule has 0 aliphatic rings. The Morgan fingerprint density at radius 1 is 1.53 bits per heavy atom. The number of para-hydroxylation sites is 2. The SMILES string of the molecule is CC(CSc1nc2ccccc2o1)=NO. The van der Waals surface area contributed by atoms with Gasteiger partial charge in [-0.15, -0.1) is 0 Å². The van der Waals surface area contributed by atoms with Crippen LogP contribution in [0.5, 0.6) is 0 Å². The van der Waals surface area contributed by atoms with Gasteiger partial charge in [-0.1, -0.05) is 29.1 Å². The van der Waals surface area contributed by atoms with Crippen LogP contribution in [0.4, 0.5) is 0 Å². The second-order valence-corrected chi connectivity index (χ2v) is 4.00. The van der Waals surface area contributed by atoms with Gasteiger partial charge in [0.15, 0.2) is 5.58 Å². The third-order valence-corrected chi connectivity index (χ3v) is 2.83. The number of rotatable bonds is 3. The zero-order chi connectivity index (χ0) is 10.7. The Morgan fingerprint density at radius 2 is 2.33 bits per heavy atom. The zero-order valence-electron chi connectivity index (χ0n) is 8.17. The number of aromatic nitrogens is 1. The molecule has 1 heterocycles. The first-order chi connectivity index (χ1) is 7.29. The molecule has 1 aromatic carbocycles. The highest BCUT2D eigenvalue weighted by Gasteiger charge is 2.05. The summed E-state index contributed by atoms with van der Waals surface area (Å²) in [4.78, 5) is 4.28. The Kier molecular flexibility index (Phi) is 2.91. The molecule has 0 saturated heterocycles. The van der Waals surface area contributed by atoms with Crippen molar-refractivity contribution in [1.29, 1.82) is 0 Å². The molecule has 0 amide bonds. The first-order valence-corrected chi connectivity index (χ1v) is 5.44. The number of nitrogens with zero attached hydrogens (tertiary/aromatic N) is 2. The van der Waals surface area contributed by atoms with E-state index in [4.69, 9.17) is 9.62 Å². The molecular weight excluding hydrogens is 212 g/mol. The van der Waals surface area contributed by atoms with E-state index in [1.807, 2.05) is 24.3 Å². The molecule has 0 unspecified atom stereocenters. The highest BCUT2D eigenvalue weighted by molar-refractivity contribution is 7.99. The summed E-state index contributed by atoms with van der Waals surface area (Å²) in [7, 11) is 0. The monoisotopic (exact) mass is 222 g/mol. The number of oxazole rings is 1. The summed E-state index contributed by atoms with van der Waals surface area (Å²) >= 11 is 1.41. The molecule has 0 fully saturated rings. The summed E-state index contributed by atoms with van der Waals surface area (Å²) in [6.45, 7) is 1.75. The Balaban J connectivity index is 2.15. The molecule has 2 aromatic rings. The average Bonchev–Trinajstić information content (AvgIpc) is 2.68. The van der Waals surface area contributed by atoms with Gasteiger partial charge in [0, 0.05) is 5.75 Å². The van der Waals surface area contributed by atoms with Crippen molar-refractivity contribution in [1.82, 2.24) is 4.98 Å². The van der Waals surface area contributed by atoms with Crippen molar-refractivity contribution < 1.29 is 9.62 Å². The topological polar surface area (TPSA) is 58.6 Å². The lowest BCUT2D eigenvalue weighted by atomic mass is 10.3. The smallest absolute Gasteiger partial charge is 0.257 e. The summed E-state index contributed by atoms with van der Waals surface area (Å²) < 4.78 is 5.48. The van der Waals surface area contributed by atoms with Gasteiger partial charge in [0.2, 0.25) is 0 Å². The first kappa shape index (κ1) is 10.0. The van der Waals surface area contributed by atoms with Crippen molar-refractivity contribution in [2.75, 3.05) is 5.75 Å². The maximum Gasteiger partial charge on any atom is 0.257 e. The Bertz CT molecular complexity index is 460. The summed E-state index contributed by atoms with van der Waals surface area (Å²) in [5, 5.41) is 12.2. The van der Waals surface area contributed by atoms with Crippen LogP contribution in [0.25, 0.3) is 11.1 Å². The van der Waals surface area contributed by atoms with E-state index >= 15 is 0 Å². The molecular formula is C10H10N2O2S. The van der Waals surface area contributed by atoms with Gasteiger partial charge in [-0.25, -0.2) is 4.98 Å². The van der Waals surface area contributed by atoms with Crippen LogP contribution in [0.1, 0.15) is 6.92 Å². The molecule has 1 aromatic heterocycles. The van der Waals surface area contributed by atoms with E-state index in [1.165, 1.54) is 11.8 Å². The maximum atomic E-state index is 8.48. The standard InChI is InChI=1S/C10H10N2O2S/c1-7(12-13)6-15-10-11-8-4-2-3-5-9(8)14-10/h2-5,13H,6H2,1H3. The fraction of sp³-hybridized carbons (Fsp3) is 0.200. The lowest BCUT2D eigenvalue weighted by Gasteiger charge is -1.92. The van der Waals surface area contributed by atoms with E-state index in [1.54, 1.807) is 6.92 Å². The molecule has 2 rings (SSSR count). The number of hydrogen-bond donors (Lipinski definition) is 1. The largest absolute Gasteiger partial charge is 0.431 e. The number of benzene rings is 1. The van der Waals surface area contributed by atoms with Crippen LogP contribution in [0.15, 0.2) is 39.1 Å². The van der Waals surface area contributed by atoms with Crippen molar-refractivity contribution >= 4 is 28.6 Å². The van der Waals surface area contributed by atoms with Gasteiger partial charge in [0.05, 0.1) is 5.71 Å². The van der Waals surface area contributed by atoms with Crippen LogP contribution in [0.3, 0.4) is 0 Å². The van der Waals surface area contributed by atoms with E-state index in [-0.39, 0.29) is 0 Å². The molecule has 0 saturated carbocycles. The lowest BCUT2D eigenvalue weighted by molar-refractivity contribution is 0.318. The molecule has 0 radical (unpaired) electrons. The minimum Gasteiger partial charge on any atom is -0.431 e. The summed E-state index contributed by atoms with van der Waals surface area (Å²) in [6.07, 6.45) is 0. The van der Waals surface area contributed by atoms with Crippen molar-refractivity contribution in [2.45, 2.75) is 12.1 Å². The molecule has 4 nitrogen and oxygen atoms in total. The summed E-state index contributed by atoms with van der Waals surface area (Å²) in [6, 6.07) is 7.59. The number of thioether (sulfide) groups is 1. The van der Waals surface area contributed by atoms with Crippen LogP contribution in [-0.2, 0) is 0 Å². The van der Waals surface area contributed by atoms with Crippen LogP contribution in [0.2, 0.25) is 0 Å². The molecule has 0 aliphatic heterocycles. The highest BCUT2D eigenvalue weighted by atomic mass is 32.2. The average molecular weight is 222 g/mol. The molecule has 0 spiro atoms. The molecule has 0 bridgehead atoms. The summed E-state index contributed by atoms with van der Waals surface area (Å²) in [5.74, 6) is 0.573. The minimum absolute atomic E-state index is 0.573. The molecule has 1 N–H and O–H groups in total. The highest BCUT2D eigenvalue weighted by Crippen LogP contribution is 2.22. The van der Waals surface area contributed by atoms with Crippen molar-refractivity contribution in [3.8, 4) is 0 Å². The van der Waals surface area contributed by atoms with E-state index in [9.17, 15) is 0 Å².